The lowest BCUT2D eigenvalue weighted by Gasteiger charge is -2.25. The van der Waals surface area contributed by atoms with E-state index in [9.17, 15) is 0 Å². The average molecular weight is 248 g/mol. The number of halogens is 1. The fraction of sp³-hybridized carbons (Fsp3) is 1.00. The molecule has 1 atom stereocenters. The molecule has 0 amide bonds. The van der Waals surface area contributed by atoms with E-state index in [0.717, 1.165) is 38.4 Å². The van der Waals surface area contributed by atoms with E-state index in [0.29, 0.717) is 11.5 Å². The lowest BCUT2D eigenvalue weighted by atomic mass is 9.88. The largest absolute Gasteiger partial charge is 0.378 e. The molecule has 1 aliphatic heterocycles. The molecule has 1 saturated heterocycles. The number of nitrogens with one attached hydrogen (secondary N) is 1. The molecule has 0 saturated carbocycles. The smallest absolute Gasteiger partial charge is 0.0588 e. The van der Waals surface area contributed by atoms with Crippen molar-refractivity contribution in [1.29, 1.82) is 0 Å². The SMILES string of the molecule is CC(C)(CCCCl)CNCCC1CCCO1. The van der Waals surface area contributed by atoms with E-state index >= 15 is 0 Å². The van der Waals surface area contributed by atoms with Crippen molar-refractivity contribution < 1.29 is 4.74 Å². The molecule has 1 fully saturated rings. The van der Waals surface area contributed by atoms with Gasteiger partial charge in [0.1, 0.15) is 0 Å². The maximum atomic E-state index is 5.72. The van der Waals surface area contributed by atoms with Gasteiger partial charge in [0.15, 0.2) is 0 Å². The van der Waals surface area contributed by atoms with Gasteiger partial charge >= 0.3 is 0 Å². The van der Waals surface area contributed by atoms with Crippen LogP contribution in [0.1, 0.15) is 46.0 Å². The summed E-state index contributed by atoms with van der Waals surface area (Å²) in [5.41, 5.74) is 0.366. The van der Waals surface area contributed by atoms with Gasteiger partial charge in [0, 0.05) is 19.0 Å². The van der Waals surface area contributed by atoms with Gasteiger partial charge in [-0.15, -0.1) is 11.6 Å². The molecule has 0 aromatic heterocycles. The quantitative estimate of drug-likeness (QED) is 0.526. The Morgan fingerprint density at radius 1 is 1.44 bits per heavy atom. The highest BCUT2D eigenvalue weighted by Crippen LogP contribution is 2.21. The molecule has 0 aromatic rings. The second-order valence-electron chi connectivity index (χ2n) is 5.56. The number of rotatable bonds is 8. The summed E-state index contributed by atoms with van der Waals surface area (Å²) in [7, 11) is 0. The Morgan fingerprint density at radius 2 is 2.25 bits per heavy atom. The Labute approximate surface area is 105 Å². The van der Waals surface area contributed by atoms with E-state index < -0.39 is 0 Å². The zero-order chi connectivity index (χ0) is 11.9. The van der Waals surface area contributed by atoms with Crippen molar-refractivity contribution in [3.63, 3.8) is 0 Å². The Morgan fingerprint density at radius 3 is 2.88 bits per heavy atom. The second kappa shape index (κ2) is 7.52. The van der Waals surface area contributed by atoms with Gasteiger partial charge in [-0.2, -0.15) is 0 Å². The third-order valence-corrected chi connectivity index (χ3v) is 3.53. The van der Waals surface area contributed by atoms with Crippen LogP contribution in [0.3, 0.4) is 0 Å². The molecule has 1 aliphatic rings. The van der Waals surface area contributed by atoms with Crippen LogP contribution in [0.4, 0.5) is 0 Å². The second-order valence-corrected chi connectivity index (χ2v) is 5.94. The van der Waals surface area contributed by atoms with E-state index in [4.69, 9.17) is 16.3 Å². The van der Waals surface area contributed by atoms with Crippen LogP contribution in [0.5, 0.6) is 0 Å². The molecule has 1 heterocycles. The Bertz CT molecular complexity index is 179. The van der Waals surface area contributed by atoms with Crippen LogP contribution in [0.2, 0.25) is 0 Å². The van der Waals surface area contributed by atoms with Crippen molar-refractivity contribution in [3.8, 4) is 0 Å². The molecule has 1 rings (SSSR count). The predicted octanol–water partition coefficient (Wildman–Crippen LogP) is 3.19. The summed E-state index contributed by atoms with van der Waals surface area (Å²) in [5, 5.41) is 3.54. The molecule has 2 nitrogen and oxygen atoms in total. The minimum Gasteiger partial charge on any atom is -0.378 e. The third-order valence-electron chi connectivity index (χ3n) is 3.26. The molecule has 0 aliphatic carbocycles. The Kier molecular flexibility index (Phi) is 6.71. The monoisotopic (exact) mass is 247 g/mol. The number of ether oxygens (including phenoxy) is 1. The van der Waals surface area contributed by atoms with Crippen LogP contribution in [-0.2, 0) is 4.74 Å². The molecule has 0 spiro atoms. The molecule has 0 bridgehead atoms. The van der Waals surface area contributed by atoms with E-state index in [1.165, 1.54) is 19.3 Å². The molecule has 16 heavy (non-hydrogen) atoms. The summed E-state index contributed by atoms with van der Waals surface area (Å²) in [5.74, 6) is 0.777. The number of alkyl halides is 1. The Balaban J connectivity index is 2.00. The Hall–Kier alpha value is 0.210. The van der Waals surface area contributed by atoms with Crippen molar-refractivity contribution >= 4 is 11.6 Å². The fourth-order valence-electron chi connectivity index (χ4n) is 2.20. The highest BCUT2D eigenvalue weighted by atomic mass is 35.5. The highest BCUT2D eigenvalue weighted by molar-refractivity contribution is 6.17. The van der Waals surface area contributed by atoms with Crippen LogP contribution in [0.25, 0.3) is 0 Å². The van der Waals surface area contributed by atoms with E-state index in [1.807, 2.05) is 0 Å². The minimum absolute atomic E-state index is 0.366. The van der Waals surface area contributed by atoms with E-state index in [2.05, 4.69) is 19.2 Å². The van der Waals surface area contributed by atoms with Crippen LogP contribution in [0, 0.1) is 5.41 Å². The molecule has 96 valence electrons. The lowest BCUT2D eigenvalue weighted by molar-refractivity contribution is 0.103. The van der Waals surface area contributed by atoms with Gasteiger partial charge in [0.05, 0.1) is 6.10 Å². The minimum atomic E-state index is 0.366. The zero-order valence-electron chi connectivity index (χ0n) is 10.7. The van der Waals surface area contributed by atoms with Crippen molar-refractivity contribution in [1.82, 2.24) is 5.32 Å². The predicted molar refractivity (Wildman–Crippen MR) is 70.2 cm³/mol. The maximum absolute atomic E-state index is 5.72. The van der Waals surface area contributed by atoms with Crippen LogP contribution < -0.4 is 5.32 Å². The summed E-state index contributed by atoms with van der Waals surface area (Å²) < 4.78 is 5.59. The van der Waals surface area contributed by atoms with E-state index in [-0.39, 0.29) is 0 Å². The summed E-state index contributed by atoms with van der Waals surface area (Å²) in [6.07, 6.45) is 6.47. The fourth-order valence-corrected chi connectivity index (χ4v) is 2.33. The third kappa shape index (κ3) is 6.07. The van der Waals surface area contributed by atoms with Crippen molar-refractivity contribution in [2.24, 2.45) is 5.41 Å². The van der Waals surface area contributed by atoms with Gasteiger partial charge < -0.3 is 10.1 Å². The summed E-state index contributed by atoms with van der Waals surface area (Å²) >= 11 is 5.72. The van der Waals surface area contributed by atoms with Crippen LogP contribution >= 0.6 is 11.6 Å². The zero-order valence-corrected chi connectivity index (χ0v) is 11.5. The van der Waals surface area contributed by atoms with Gasteiger partial charge in [0.2, 0.25) is 0 Å². The molecule has 1 N–H and O–H groups in total. The van der Waals surface area contributed by atoms with Gasteiger partial charge in [-0.3, -0.25) is 0 Å². The van der Waals surface area contributed by atoms with Crippen molar-refractivity contribution in [2.75, 3.05) is 25.6 Å². The van der Waals surface area contributed by atoms with Gasteiger partial charge in [-0.05, 0) is 44.1 Å². The molecule has 3 heteroatoms. The van der Waals surface area contributed by atoms with Crippen LogP contribution in [0.15, 0.2) is 0 Å². The molecular formula is C13H26ClNO. The van der Waals surface area contributed by atoms with Crippen molar-refractivity contribution in [2.45, 2.75) is 52.1 Å². The first-order valence-electron chi connectivity index (χ1n) is 6.52. The number of hydrogen-bond donors (Lipinski definition) is 1. The van der Waals surface area contributed by atoms with Gasteiger partial charge in [-0.25, -0.2) is 0 Å². The van der Waals surface area contributed by atoms with E-state index in [1.54, 1.807) is 0 Å². The molecular weight excluding hydrogens is 222 g/mol. The maximum Gasteiger partial charge on any atom is 0.0588 e. The average Bonchev–Trinajstić information content (AvgIpc) is 2.75. The molecule has 0 aromatic carbocycles. The van der Waals surface area contributed by atoms with Gasteiger partial charge in [0.25, 0.3) is 0 Å². The van der Waals surface area contributed by atoms with Crippen LogP contribution in [-0.4, -0.2) is 31.7 Å². The van der Waals surface area contributed by atoms with Crippen molar-refractivity contribution in [3.05, 3.63) is 0 Å². The standard InChI is InChI=1S/C13H26ClNO/c1-13(2,7-4-8-14)11-15-9-6-12-5-3-10-16-12/h12,15H,3-11H2,1-2H3. The molecule has 1 unspecified atom stereocenters. The first-order chi connectivity index (χ1) is 7.64. The topological polar surface area (TPSA) is 21.3 Å². The normalized spacial score (nSPS) is 21.6. The number of hydrogen-bond acceptors (Lipinski definition) is 2. The molecule has 0 radical (unpaired) electrons. The highest BCUT2D eigenvalue weighted by Gasteiger charge is 2.18. The first-order valence-corrected chi connectivity index (χ1v) is 7.06. The van der Waals surface area contributed by atoms with Gasteiger partial charge in [-0.1, -0.05) is 13.8 Å². The summed E-state index contributed by atoms with van der Waals surface area (Å²) in [6.45, 7) is 7.73. The lowest BCUT2D eigenvalue weighted by Crippen LogP contribution is -2.31. The summed E-state index contributed by atoms with van der Waals surface area (Å²) in [4.78, 5) is 0. The summed E-state index contributed by atoms with van der Waals surface area (Å²) in [6, 6.07) is 0. The first kappa shape index (κ1) is 14.3.